The van der Waals surface area contributed by atoms with Crippen molar-refractivity contribution in [1.82, 2.24) is 19.7 Å². The zero-order valence-electron chi connectivity index (χ0n) is 15.0. The monoisotopic (exact) mass is 388 g/mol. The highest BCUT2D eigenvalue weighted by molar-refractivity contribution is 7.13. The highest BCUT2D eigenvalue weighted by Crippen LogP contribution is 2.26. The summed E-state index contributed by atoms with van der Waals surface area (Å²) in [7, 11) is 0. The van der Waals surface area contributed by atoms with E-state index in [0.717, 1.165) is 17.7 Å². The molecule has 2 aromatic heterocycles. The molecule has 27 heavy (non-hydrogen) atoms. The molecule has 8 heteroatoms. The molecule has 1 N–H and O–H groups in total. The zero-order valence-corrected chi connectivity index (χ0v) is 15.8. The molecule has 3 rings (SSSR count). The van der Waals surface area contributed by atoms with Gasteiger partial charge in [0.1, 0.15) is 5.82 Å². The van der Waals surface area contributed by atoms with Crippen molar-refractivity contribution < 1.29 is 14.3 Å². The van der Waals surface area contributed by atoms with E-state index in [9.17, 15) is 14.3 Å². The second-order valence-corrected chi connectivity index (χ2v) is 6.95. The summed E-state index contributed by atoms with van der Waals surface area (Å²) in [6.07, 6.45) is 1.76. The molecule has 142 valence electrons. The summed E-state index contributed by atoms with van der Waals surface area (Å²) in [5.41, 5.74) is 0.493. The van der Waals surface area contributed by atoms with Gasteiger partial charge in [-0.3, -0.25) is 4.79 Å². The van der Waals surface area contributed by atoms with E-state index < -0.39 is 5.82 Å². The van der Waals surface area contributed by atoms with Crippen molar-refractivity contribution in [1.29, 1.82) is 0 Å². The number of hydrogen-bond donors (Lipinski definition) is 1. The second kappa shape index (κ2) is 8.88. The number of amides is 1. The van der Waals surface area contributed by atoms with Crippen molar-refractivity contribution in [3.05, 3.63) is 53.4 Å². The number of benzene rings is 1. The normalized spacial score (nSPS) is 10.9. The van der Waals surface area contributed by atoms with Gasteiger partial charge in [0.05, 0.1) is 17.2 Å². The first kappa shape index (κ1) is 19.2. The van der Waals surface area contributed by atoms with Crippen LogP contribution in [0, 0.1) is 5.82 Å². The summed E-state index contributed by atoms with van der Waals surface area (Å²) in [6.45, 7) is 2.66. The minimum Gasteiger partial charge on any atom is -0.395 e. The molecule has 0 saturated heterocycles. The smallest absolute Gasteiger partial charge is 0.293 e. The van der Waals surface area contributed by atoms with E-state index in [1.54, 1.807) is 17.0 Å². The lowest BCUT2D eigenvalue weighted by Gasteiger charge is -2.19. The summed E-state index contributed by atoms with van der Waals surface area (Å²) in [4.78, 5) is 19.7. The van der Waals surface area contributed by atoms with Crippen LogP contribution < -0.4 is 0 Å². The predicted molar refractivity (Wildman–Crippen MR) is 103 cm³/mol. The highest BCUT2D eigenvalue weighted by Gasteiger charge is 2.23. The molecule has 0 aliphatic rings. The molecule has 0 radical (unpaired) electrons. The van der Waals surface area contributed by atoms with Gasteiger partial charge in [-0.05, 0) is 36.1 Å². The fraction of sp³-hybridized carbons (Fsp3) is 0.316. The van der Waals surface area contributed by atoms with Crippen LogP contribution in [0.2, 0.25) is 0 Å². The number of unbranched alkanes of at least 4 members (excludes halogenated alkanes) is 1. The first-order valence-corrected chi connectivity index (χ1v) is 9.69. The molecule has 0 atom stereocenters. The van der Waals surface area contributed by atoms with Crippen LogP contribution in [0.15, 0.2) is 41.8 Å². The predicted octanol–water partition coefficient (Wildman–Crippen LogP) is 3.37. The lowest BCUT2D eigenvalue weighted by atomic mass is 10.3. The summed E-state index contributed by atoms with van der Waals surface area (Å²) in [5.74, 6) is -0.214. The van der Waals surface area contributed by atoms with Crippen molar-refractivity contribution in [2.24, 2.45) is 0 Å². The molecule has 2 heterocycles. The van der Waals surface area contributed by atoms with E-state index in [4.69, 9.17) is 0 Å². The van der Waals surface area contributed by atoms with E-state index >= 15 is 0 Å². The SMILES string of the molecule is CCCCN(CCO)C(=O)c1nc(-c2cccs2)n(-c2cccc(F)c2)n1. The molecule has 1 amide bonds. The summed E-state index contributed by atoms with van der Waals surface area (Å²) in [6, 6.07) is 9.76. The van der Waals surface area contributed by atoms with E-state index in [1.165, 1.54) is 28.2 Å². The molecule has 6 nitrogen and oxygen atoms in total. The van der Waals surface area contributed by atoms with Gasteiger partial charge in [-0.1, -0.05) is 25.5 Å². The average molecular weight is 388 g/mol. The van der Waals surface area contributed by atoms with Crippen LogP contribution in [0.3, 0.4) is 0 Å². The van der Waals surface area contributed by atoms with Crippen LogP contribution in [0.4, 0.5) is 4.39 Å². The Morgan fingerprint density at radius 1 is 1.30 bits per heavy atom. The van der Waals surface area contributed by atoms with E-state index in [0.29, 0.717) is 18.1 Å². The second-order valence-electron chi connectivity index (χ2n) is 6.00. The van der Waals surface area contributed by atoms with Gasteiger partial charge in [-0.15, -0.1) is 16.4 Å². The van der Waals surface area contributed by atoms with Crippen LogP contribution in [0.5, 0.6) is 0 Å². The summed E-state index contributed by atoms with van der Waals surface area (Å²) >= 11 is 1.46. The quantitative estimate of drug-likeness (QED) is 0.642. The minimum atomic E-state index is -0.391. The number of thiophene rings is 1. The number of carbonyl (C=O) groups is 1. The van der Waals surface area contributed by atoms with Gasteiger partial charge in [-0.2, -0.15) is 0 Å². The molecule has 0 fully saturated rings. The Labute approximate surface area is 160 Å². The van der Waals surface area contributed by atoms with Gasteiger partial charge < -0.3 is 10.0 Å². The lowest BCUT2D eigenvalue weighted by molar-refractivity contribution is 0.0707. The molecule has 0 aliphatic carbocycles. The Kier molecular flexibility index (Phi) is 6.31. The van der Waals surface area contributed by atoms with Crippen LogP contribution in [-0.4, -0.2) is 50.4 Å². The molecule has 0 saturated carbocycles. The van der Waals surface area contributed by atoms with Crippen molar-refractivity contribution in [2.45, 2.75) is 19.8 Å². The van der Waals surface area contributed by atoms with Crippen molar-refractivity contribution in [3.8, 4) is 16.4 Å². The van der Waals surface area contributed by atoms with Gasteiger partial charge in [0.15, 0.2) is 5.82 Å². The number of carbonyl (C=O) groups excluding carboxylic acids is 1. The maximum atomic E-state index is 13.7. The maximum Gasteiger partial charge on any atom is 0.293 e. The molecular weight excluding hydrogens is 367 g/mol. The highest BCUT2D eigenvalue weighted by atomic mass is 32.1. The standard InChI is InChI=1S/C19H21FN4O2S/c1-2-3-9-23(10-11-25)19(26)17-21-18(16-8-5-12-27-16)24(22-17)15-7-4-6-14(20)13-15/h4-8,12-13,25H,2-3,9-11H2,1H3. The number of aliphatic hydroxyl groups excluding tert-OH is 1. The minimum absolute atomic E-state index is 0.0345. The maximum absolute atomic E-state index is 13.7. The van der Waals surface area contributed by atoms with Crippen LogP contribution in [-0.2, 0) is 0 Å². The van der Waals surface area contributed by atoms with Gasteiger partial charge in [-0.25, -0.2) is 14.1 Å². The topological polar surface area (TPSA) is 71.2 Å². The third kappa shape index (κ3) is 4.40. The van der Waals surface area contributed by atoms with Crippen LogP contribution in [0.25, 0.3) is 16.4 Å². The number of aliphatic hydroxyl groups is 1. The Morgan fingerprint density at radius 2 is 2.15 bits per heavy atom. The largest absolute Gasteiger partial charge is 0.395 e. The fourth-order valence-corrected chi connectivity index (χ4v) is 3.38. The first-order valence-electron chi connectivity index (χ1n) is 8.81. The first-order chi connectivity index (χ1) is 13.1. The summed E-state index contributed by atoms with van der Waals surface area (Å²) < 4.78 is 15.2. The van der Waals surface area contributed by atoms with Gasteiger partial charge in [0.2, 0.25) is 5.82 Å². The van der Waals surface area contributed by atoms with Gasteiger partial charge in [0, 0.05) is 13.1 Å². The van der Waals surface area contributed by atoms with E-state index in [1.807, 2.05) is 24.4 Å². The lowest BCUT2D eigenvalue weighted by Crippen LogP contribution is -2.35. The number of nitrogens with zero attached hydrogens (tertiary/aromatic N) is 4. The molecule has 3 aromatic rings. The van der Waals surface area contributed by atoms with E-state index in [-0.39, 0.29) is 24.9 Å². The fourth-order valence-electron chi connectivity index (χ4n) is 2.68. The molecule has 0 bridgehead atoms. The van der Waals surface area contributed by atoms with Gasteiger partial charge in [0.25, 0.3) is 5.91 Å². The molecule has 1 aromatic carbocycles. The van der Waals surface area contributed by atoms with Crippen LogP contribution >= 0.6 is 11.3 Å². The average Bonchev–Trinajstić information content (AvgIpc) is 3.34. The Bertz CT molecular complexity index is 895. The third-order valence-electron chi connectivity index (χ3n) is 4.03. The van der Waals surface area contributed by atoms with Crippen molar-refractivity contribution in [3.63, 3.8) is 0 Å². The number of halogens is 1. The number of aromatic nitrogens is 3. The Hall–Kier alpha value is -2.58. The number of hydrogen-bond acceptors (Lipinski definition) is 5. The molecule has 0 spiro atoms. The van der Waals surface area contributed by atoms with Crippen molar-refractivity contribution >= 4 is 17.2 Å². The Morgan fingerprint density at radius 3 is 2.81 bits per heavy atom. The molecular formula is C19H21FN4O2S. The van der Waals surface area contributed by atoms with Crippen molar-refractivity contribution in [2.75, 3.05) is 19.7 Å². The van der Waals surface area contributed by atoms with Crippen LogP contribution in [0.1, 0.15) is 30.4 Å². The summed E-state index contributed by atoms with van der Waals surface area (Å²) in [5, 5.41) is 15.5. The van der Waals surface area contributed by atoms with E-state index in [2.05, 4.69) is 10.1 Å². The van der Waals surface area contributed by atoms with Gasteiger partial charge >= 0.3 is 0 Å². The number of rotatable bonds is 8. The molecule has 0 aliphatic heterocycles. The molecule has 0 unspecified atom stereocenters. The zero-order chi connectivity index (χ0) is 19.2. The Balaban J connectivity index is 2.02. The third-order valence-corrected chi connectivity index (χ3v) is 4.90.